The maximum Gasteiger partial charge on any atom is 0.230 e. The van der Waals surface area contributed by atoms with Crippen molar-refractivity contribution in [3.63, 3.8) is 0 Å². The molecule has 0 saturated carbocycles. The number of thiazole rings is 1. The van der Waals surface area contributed by atoms with Gasteiger partial charge in [0.2, 0.25) is 5.91 Å². The van der Waals surface area contributed by atoms with Gasteiger partial charge in [0.15, 0.2) is 0 Å². The van der Waals surface area contributed by atoms with Gasteiger partial charge in [0.1, 0.15) is 0 Å². The zero-order valence-corrected chi connectivity index (χ0v) is 16.3. The Hall–Kier alpha value is -1.72. The Labute approximate surface area is 159 Å². The predicted octanol–water partition coefficient (Wildman–Crippen LogP) is 3.47. The number of carbonyl (C=O) groups excluding carboxylic acids is 1. The summed E-state index contributed by atoms with van der Waals surface area (Å²) in [5.74, 6) is 0.399. The Bertz CT molecular complexity index is 764. The smallest absolute Gasteiger partial charge is 0.230 e. The van der Waals surface area contributed by atoms with Crippen LogP contribution in [0.1, 0.15) is 47.5 Å². The van der Waals surface area contributed by atoms with Gasteiger partial charge < -0.3 is 4.90 Å². The summed E-state index contributed by atoms with van der Waals surface area (Å²) in [5, 5.41) is 3.39. The van der Waals surface area contributed by atoms with Crippen molar-refractivity contribution in [2.24, 2.45) is 0 Å². The van der Waals surface area contributed by atoms with E-state index in [0.717, 1.165) is 58.4 Å². The molecule has 138 valence electrons. The molecule has 1 aliphatic carbocycles. The molecule has 1 aromatic heterocycles. The SMILES string of the molecule is CCc1nc(CN2CCN(C(=O)C3CCCc4ccccc43)CC2)cs1. The first-order valence-corrected chi connectivity index (χ1v) is 10.6. The first kappa shape index (κ1) is 17.7. The van der Waals surface area contributed by atoms with E-state index in [-0.39, 0.29) is 5.92 Å². The molecular formula is C21H27N3OS. The third kappa shape index (κ3) is 3.69. The van der Waals surface area contributed by atoms with Gasteiger partial charge in [-0.05, 0) is 36.8 Å². The van der Waals surface area contributed by atoms with Crippen molar-refractivity contribution in [2.75, 3.05) is 26.2 Å². The number of benzene rings is 1. The minimum absolute atomic E-state index is 0.0668. The zero-order valence-electron chi connectivity index (χ0n) is 15.5. The maximum atomic E-state index is 13.1. The number of piperazine rings is 1. The van der Waals surface area contributed by atoms with E-state index in [1.165, 1.54) is 21.8 Å². The molecule has 4 rings (SSSR count). The minimum Gasteiger partial charge on any atom is -0.340 e. The Morgan fingerprint density at radius 3 is 2.81 bits per heavy atom. The fourth-order valence-electron chi connectivity index (χ4n) is 4.17. The molecule has 1 atom stereocenters. The molecule has 1 fully saturated rings. The third-order valence-corrected chi connectivity index (χ3v) is 6.68. The first-order chi connectivity index (χ1) is 12.7. The minimum atomic E-state index is 0.0668. The van der Waals surface area contributed by atoms with E-state index < -0.39 is 0 Å². The fraction of sp³-hybridized carbons (Fsp3) is 0.524. The van der Waals surface area contributed by atoms with Gasteiger partial charge in [-0.2, -0.15) is 0 Å². The van der Waals surface area contributed by atoms with Crippen LogP contribution in [0.15, 0.2) is 29.6 Å². The van der Waals surface area contributed by atoms with Crippen molar-refractivity contribution < 1.29 is 4.79 Å². The largest absolute Gasteiger partial charge is 0.340 e. The van der Waals surface area contributed by atoms with E-state index in [1.54, 1.807) is 11.3 Å². The summed E-state index contributed by atoms with van der Waals surface area (Å²) in [4.78, 5) is 22.3. The molecule has 1 unspecified atom stereocenters. The molecule has 1 amide bonds. The fourth-order valence-corrected chi connectivity index (χ4v) is 4.91. The van der Waals surface area contributed by atoms with Crippen molar-refractivity contribution >= 4 is 17.2 Å². The lowest BCUT2D eigenvalue weighted by atomic mass is 9.82. The summed E-state index contributed by atoms with van der Waals surface area (Å²) in [6, 6.07) is 8.50. The average Bonchev–Trinajstić information content (AvgIpc) is 3.15. The molecule has 2 aliphatic rings. The molecule has 1 aromatic carbocycles. The van der Waals surface area contributed by atoms with Crippen molar-refractivity contribution in [2.45, 2.75) is 45.1 Å². The Morgan fingerprint density at radius 2 is 2.04 bits per heavy atom. The molecule has 26 heavy (non-hydrogen) atoms. The highest BCUT2D eigenvalue weighted by atomic mass is 32.1. The van der Waals surface area contributed by atoms with E-state index in [0.29, 0.717) is 5.91 Å². The van der Waals surface area contributed by atoms with Crippen LogP contribution in [-0.4, -0.2) is 46.9 Å². The molecule has 0 N–H and O–H groups in total. The molecule has 1 saturated heterocycles. The first-order valence-electron chi connectivity index (χ1n) is 9.77. The van der Waals surface area contributed by atoms with E-state index >= 15 is 0 Å². The van der Waals surface area contributed by atoms with Gasteiger partial charge in [0.25, 0.3) is 0 Å². The van der Waals surface area contributed by atoms with E-state index in [2.05, 4.69) is 51.4 Å². The van der Waals surface area contributed by atoms with Crippen LogP contribution in [0.25, 0.3) is 0 Å². The molecule has 1 aliphatic heterocycles. The quantitative estimate of drug-likeness (QED) is 0.828. The maximum absolute atomic E-state index is 13.1. The Morgan fingerprint density at radius 1 is 1.23 bits per heavy atom. The molecule has 5 heteroatoms. The van der Waals surface area contributed by atoms with Crippen LogP contribution >= 0.6 is 11.3 Å². The van der Waals surface area contributed by atoms with Gasteiger partial charge in [0, 0.05) is 38.1 Å². The van der Waals surface area contributed by atoms with Crippen LogP contribution < -0.4 is 0 Å². The number of fused-ring (bicyclic) bond motifs is 1. The van der Waals surface area contributed by atoms with Gasteiger partial charge in [-0.3, -0.25) is 9.69 Å². The molecular weight excluding hydrogens is 342 g/mol. The topological polar surface area (TPSA) is 36.4 Å². The highest BCUT2D eigenvalue weighted by Gasteiger charge is 2.31. The second kappa shape index (κ2) is 7.89. The number of rotatable bonds is 4. The van der Waals surface area contributed by atoms with Gasteiger partial charge in [-0.15, -0.1) is 11.3 Å². The summed E-state index contributed by atoms with van der Waals surface area (Å²) in [5.41, 5.74) is 3.81. The second-order valence-corrected chi connectivity index (χ2v) is 8.27. The normalized spacial score (nSPS) is 20.8. The van der Waals surface area contributed by atoms with Crippen LogP contribution in [-0.2, 0) is 24.2 Å². The van der Waals surface area contributed by atoms with Crippen LogP contribution in [0.4, 0.5) is 0 Å². The monoisotopic (exact) mass is 369 g/mol. The van der Waals surface area contributed by atoms with Crippen LogP contribution in [0, 0.1) is 0 Å². The number of carbonyl (C=O) groups is 1. The van der Waals surface area contributed by atoms with Crippen molar-refractivity contribution in [1.82, 2.24) is 14.8 Å². The van der Waals surface area contributed by atoms with E-state index in [4.69, 9.17) is 0 Å². The van der Waals surface area contributed by atoms with Crippen molar-refractivity contribution in [1.29, 1.82) is 0 Å². The molecule has 0 radical (unpaired) electrons. The van der Waals surface area contributed by atoms with E-state index in [9.17, 15) is 4.79 Å². The van der Waals surface area contributed by atoms with Crippen molar-refractivity contribution in [3.8, 4) is 0 Å². The third-order valence-electron chi connectivity index (χ3n) is 5.64. The number of hydrogen-bond donors (Lipinski definition) is 0. The summed E-state index contributed by atoms with van der Waals surface area (Å²) in [6.45, 7) is 6.62. The predicted molar refractivity (Wildman–Crippen MR) is 105 cm³/mol. The summed E-state index contributed by atoms with van der Waals surface area (Å²) >= 11 is 1.75. The average molecular weight is 370 g/mol. The van der Waals surface area contributed by atoms with Crippen LogP contribution in [0.2, 0.25) is 0 Å². The number of amides is 1. The Balaban J connectivity index is 1.35. The lowest BCUT2D eigenvalue weighted by molar-refractivity contribution is -0.135. The summed E-state index contributed by atoms with van der Waals surface area (Å²) in [6.07, 6.45) is 4.24. The standard InChI is InChI=1S/C21H27N3OS/c1-2-20-22-17(15-26-20)14-23-10-12-24(13-11-23)21(25)19-9-5-7-16-6-3-4-8-18(16)19/h3-4,6,8,15,19H,2,5,7,9-14H2,1H3. The Kier molecular flexibility index (Phi) is 5.36. The van der Waals surface area contributed by atoms with Gasteiger partial charge in [0.05, 0.1) is 16.6 Å². The van der Waals surface area contributed by atoms with E-state index in [1.807, 2.05) is 0 Å². The number of aromatic nitrogens is 1. The van der Waals surface area contributed by atoms with Crippen LogP contribution in [0.3, 0.4) is 0 Å². The van der Waals surface area contributed by atoms with Gasteiger partial charge in [-0.25, -0.2) is 4.98 Å². The molecule has 2 heterocycles. The van der Waals surface area contributed by atoms with Crippen LogP contribution in [0.5, 0.6) is 0 Å². The zero-order chi connectivity index (χ0) is 17.9. The summed E-state index contributed by atoms with van der Waals surface area (Å²) in [7, 11) is 0. The number of nitrogens with zero attached hydrogens (tertiary/aromatic N) is 3. The van der Waals surface area contributed by atoms with Gasteiger partial charge in [-0.1, -0.05) is 31.2 Å². The number of aryl methyl sites for hydroxylation is 2. The highest BCUT2D eigenvalue weighted by molar-refractivity contribution is 7.09. The highest BCUT2D eigenvalue weighted by Crippen LogP contribution is 2.33. The molecule has 2 aromatic rings. The lowest BCUT2D eigenvalue weighted by Gasteiger charge is -2.37. The molecule has 4 nitrogen and oxygen atoms in total. The van der Waals surface area contributed by atoms with Gasteiger partial charge >= 0.3 is 0 Å². The second-order valence-electron chi connectivity index (χ2n) is 7.33. The number of hydrogen-bond acceptors (Lipinski definition) is 4. The summed E-state index contributed by atoms with van der Waals surface area (Å²) < 4.78 is 0. The molecule has 0 spiro atoms. The van der Waals surface area contributed by atoms with Crippen molar-refractivity contribution in [3.05, 3.63) is 51.5 Å². The molecule has 0 bridgehead atoms. The lowest BCUT2D eigenvalue weighted by Crippen LogP contribution is -2.49.